The van der Waals surface area contributed by atoms with Crippen LogP contribution in [0.1, 0.15) is 89.4 Å². The van der Waals surface area contributed by atoms with Gasteiger partial charge in [-0.25, -0.2) is 0 Å². The van der Waals surface area contributed by atoms with Gasteiger partial charge in [-0.2, -0.15) is 0 Å². The maximum Gasteiger partial charge on any atom is 0.246 e. The van der Waals surface area contributed by atoms with E-state index in [0.717, 1.165) is 11.1 Å². The maximum absolute atomic E-state index is 14.0. The highest BCUT2D eigenvalue weighted by Gasteiger charge is 2.39. The number of carbonyl (C=O) groups excluding carboxylic acids is 6. The Labute approximate surface area is 342 Å². The molecule has 2 heterocycles. The lowest BCUT2D eigenvalue weighted by molar-refractivity contribution is -0.141. The molecule has 58 heavy (non-hydrogen) atoms. The molecule has 2 aliphatic rings. The number of hydrogen-bond acceptors (Lipinski definition) is 8. The van der Waals surface area contributed by atoms with Crippen LogP contribution in [0.4, 0.5) is 0 Å². The number of benzene rings is 2. The van der Waals surface area contributed by atoms with Crippen LogP contribution < -0.4 is 31.9 Å². The Balaban J connectivity index is 1.46. The van der Waals surface area contributed by atoms with Crippen LogP contribution in [-0.2, 0) is 28.8 Å². The summed E-state index contributed by atoms with van der Waals surface area (Å²) in [6.45, 7) is 7.83. The molecule has 2 aliphatic heterocycles. The van der Waals surface area contributed by atoms with Crippen LogP contribution in [-0.4, -0.2) is 109 Å². The molecule has 6 N–H and O–H groups in total. The lowest BCUT2D eigenvalue weighted by Crippen LogP contribution is -2.55. The van der Waals surface area contributed by atoms with Gasteiger partial charge in [-0.3, -0.25) is 28.8 Å². The molecule has 4 rings (SSSR count). The molecule has 8 atom stereocenters. The summed E-state index contributed by atoms with van der Waals surface area (Å²) in [5.41, 5.74) is 1.88. The van der Waals surface area contributed by atoms with E-state index in [1.54, 1.807) is 27.9 Å². The van der Waals surface area contributed by atoms with E-state index in [4.69, 9.17) is 0 Å². The first-order chi connectivity index (χ1) is 27.9. The molecule has 2 fully saturated rings. The average molecular weight is 795 g/mol. The fourth-order valence-corrected chi connectivity index (χ4v) is 6.93. The second kappa shape index (κ2) is 22.3. The normalized spacial score (nSPS) is 19.1. The minimum Gasteiger partial charge on any atom is -0.348 e. The number of hydrogen-bond donors (Lipinski definition) is 6. The molecule has 6 amide bonds. The Morgan fingerprint density at radius 3 is 1.29 bits per heavy atom. The average Bonchev–Trinajstić information content (AvgIpc) is 3.95. The van der Waals surface area contributed by atoms with Crippen molar-refractivity contribution in [3.05, 3.63) is 71.8 Å². The standard InChI is InChI=1S/C44H58N8O6/c1-29(33-19-11-9-12-20-33)47-41(55)37-25-17-27-51(37)43(57)35(49-39(53)31(3)45-5)23-15-7-8-16-24-36(50-40(54)32(4)46-6)44(58)52-28-18-26-38(52)42(56)48-30(2)34-21-13-10-14-22-34/h9-14,19-22,29-32,35-38,45-46H,17-18,23-28H2,1-6H3,(H,47,55)(H,48,56)(H,49,53)(H,50,54)/t29?,30?,31-,32-,35-,36-,37-,38-/m0/s1. The topological polar surface area (TPSA) is 181 Å². The van der Waals surface area contributed by atoms with Gasteiger partial charge in [-0.15, -0.1) is 0 Å². The first-order valence-electron chi connectivity index (χ1n) is 20.1. The summed E-state index contributed by atoms with van der Waals surface area (Å²) >= 11 is 0. The van der Waals surface area contributed by atoms with Gasteiger partial charge in [0.05, 0.1) is 24.2 Å². The third-order valence-corrected chi connectivity index (χ3v) is 10.7. The van der Waals surface area contributed by atoms with Gasteiger partial charge in [-0.1, -0.05) is 72.5 Å². The van der Waals surface area contributed by atoms with E-state index in [2.05, 4.69) is 55.6 Å². The Morgan fingerprint density at radius 1 is 0.586 bits per heavy atom. The Bertz CT molecular complexity index is 1730. The molecule has 0 aliphatic carbocycles. The molecular weight excluding hydrogens is 737 g/mol. The van der Waals surface area contributed by atoms with Crippen LogP contribution in [0, 0.1) is 23.7 Å². The van der Waals surface area contributed by atoms with Crippen LogP contribution in [0.15, 0.2) is 60.7 Å². The van der Waals surface area contributed by atoms with Crippen molar-refractivity contribution in [2.75, 3.05) is 27.2 Å². The molecule has 0 saturated carbocycles. The smallest absolute Gasteiger partial charge is 0.246 e. The lowest BCUT2D eigenvalue weighted by atomic mass is 10.1. The minimum absolute atomic E-state index is 0.0777. The van der Waals surface area contributed by atoms with E-state index in [9.17, 15) is 28.8 Å². The van der Waals surface area contributed by atoms with Crippen LogP contribution >= 0.6 is 0 Å². The molecule has 2 unspecified atom stereocenters. The van der Waals surface area contributed by atoms with Crippen LogP contribution in [0.5, 0.6) is 0 Å². The van der Waals surface area contributed by atoms with Crippen molar-refractivity contribution in [1.29, 1.82) is 0 Å². The fraction of sp³-hybridized carbons (Fsp3) is 0.500. The molecule has 14 heteroatoms. The third-order valence-electron chi connectivity index (χ3n) is 10.7. The predicted octanol–water partition coefficient (Wildman–Crippen LogP) is 1.70. The Morgan fingerprint density at radius 2 is 0.948 bits per heavy atom. The van der Waals surface area contributed by atoms with E-state index < -0.39 is 59.9 Å². The molecule has 2 aromatic rings. The molecule has 14 nitrogen and oxygen atoms in total. The van der Waals surface area contributed by atoms with Crippen molar-refractivity contribution in [3.63, 3.8) is 0 Å². The van der Waals surface area contributed by atoms with E-state index in [1.165, 1.54) is 9.80 Å². The molecule has 2 saturated heterocycles. The minimum atomic E-state index is -1.04. The van der Waals surface area contributed by atoms with Crippen molar-refractivity contribution < 1.29 is 28.8 Å². The van der Waals surface area contributed by atoms with Gasteiger partial charge < -0.3 is 41.7 Å². The zero-order valence-electron chi connectivity index (χ0n) is 34.4. The van der Waals surface area contributed by atoms with Gasteiger partial charge in [0, 0.05) is 25.9 Å². The van der Waals surface area contributed by atoms with Gasteiger partial charge in [0.2, 0.25) is 35.4 Å². The SMILES string of the molecule is CN[C@@H](C)C(=O)N[C@@H](CC#CC#CC[C@H](NC(=O)[C@H](C)NC)C(=O)N1CCC[C@H]1C(=O)NC(C)c1ccccc1)C(=O)N1CCC[C@H]1C(=O)NC(C)c1ccccc1. The number of carbonyl (C=O) groups is 6. The summed E-state index contributed by atoms with van der Waals surface area (Å²) in [5.74, 6) is 9.04. The summed E-state index contributed by atoms with van der Waals surface area (Å²) in [4.78, 5) is 83.6. The van der Waals surface area contributed by atoms with Gasteiger partial charge in [0.1, 0.15) is 24.2 Å². The van der Waals surface area contributed by atoms with Gasteiger partial charge in [0.25, 0.3) is 0 Å². The second-order valence-corrected chi connectivity index (χ2v) is 14.8. The van der Waals surface area contributed by atoms with Crippen molar-refractivity contribution in [2.45, 2.75) is 115 Å². The first kappa shape index (κ1) is 45.0. The molecular formula is C44H58N8O6. The quantitative estimate of drug-likeness (QED) is 0.139. The van der Waals surface area contributed by atoms with Crippen LogP contribution in [0.25, 0.3) is 0 Å². The van der Waals surface area contributed by atoms with Gasteiger partial charge in [0.15, 0.2) is 0 Å². The molecule has 0 radical (unpaired) electrons. The number of nitrogens with one attached hydrogen (secondary N) is 6. The summed E-state index contributed by atoms with van der Waals surface area (Å²) < 4.78 is 0. The number of amides is 6. The first-order valence-corrected chi connectivity index (χ1v) is 20.1. The second-order valence-electron chi connectivity index (χ2n) is 14.8. The molecule has 2 aromatic carbocycles. The number of nitrogens with zero attached hydrogens (tertiary/aromatic N) is 2. The van der Waals surface area contributed by atoms with E-state index in [1.807, 2.05) is 74.5 Å². The van der Waals surface area contributed by atoms with Gasteiger partial charge >= 0.3 is 0 Å². The maximum atomic E-state index is 14.0. The monoisotopic (exact) mass is 794 g/mol. The molecule has 0 spiro atoms. The van der Waals surface area contributed by atoms with Crippen LogP contribution in [0.3, 0.4) is 0 Å². The predicted molar refractivity (Wildman–Crippen MR) is 221 cm³/mol. The fourth-order valence-electron chi connectivity index (χ4n) is 6.93. The van der Waals surface area contributed by atoms with Gasteiger partial charge in [-0.05, 0) is 90.4 Å². The number of rotatable bonds is 16. The van der Waals surface area contributed by atoms with Crippen LogP contribution in [0.2, 0.25) is 0 Å². The molecule has 310 valence electrons. The van der Waals surface area contributed by atoms with E-state index in [-0.39, 0.29) is 36.7 Å². The van der Waals surface area contributed by atoms with E-state index in [0.29, 0.717) is 38.8 Å². The van der Waals surface area contributed by atoms with E-state index >= 15 is 0 Å². The largest absolute Gasteiger partial charge is 0.348 e. The highest BCUT2D eigenvalue weighted by molar-refractivity contribution is 5.95. The Hall–Kier alpha value is -5.70. The highest BCUT2D eigenvalue weighted by Crippen LogP contribution is 2.23. The summed E-state index contributed by atoms with van der Waals surface area (Å²) in [6, 6.07) is 13.9. The van der Waals surface area contributed by atoms with Crippen molar-refractivity contribution in [3.8, 4) is 23.7 Å². The van der Waals surface area contributed by atoms with Crippen molar-refractivity contribution in [1.82, 2.24) is 41.7 Å². The zero-order chi connectivity index (χ0) is 42.2. The summed E-state index contributed by atoms with van der Waals surface area (Å²) in [5, 5.41) is 17.3. The third kappa shape index (κ3) is 12.4. The van der Waals surface area contributed by atoms with Crippen molar-refractivity contribution >= 4 is 35.4 Å². The lowest BCUT2D eigenvalue weighted by Gasteiger charge is -2.29. The molecule has 0 aromatic heterocycles. The number of likely N-dealkylation sites (N-methyl/N-ethyl adjacent to an activating group) is 2. The summed E-state index contributed by atoms with van der Waals surface area (Å²) in [7, 11) is 3.27. The Kier molecular flexibility index (Phi) is 17.3. The highest BCUT2D eigenvalue weighted by atomic mass is 16.2. The zero-order valence-corrected chi connectivity index (χ0v) is 34.4. The summed E-state index contributed by atoms with van der Waals surface area (Å²) in [6.07, 6.45) is 2.09. The number of likely N-dealkylation sites (tertiary alicyclic amines) is 2. The van der Waals surface area contributed by atoms with Crippen molar-refractivity contribution in [2.24, 2.45) is 0 Å². The molecule has 0 bridgehead atoms.